The minimum Gasteiger partial charge on any atom is -0.445 e. The van der Waals surface area contributed by atoms with Crippen LogP contribution in [0.2, 0.25) is 0 Å². The first-order valence-electron chi connectivity index (χ1n) is 27.2. The van der Waals surface area contributed by atoms with Crippen LogP contribution in [0.5, 0.6) is 0 Å². The highest BCUT2D eigenvalue weighted by Gasteiger charge is 2.49. The van der Waals surface area contributed by atoms with Crippen molar-refractivity contribution >= 4 is 92.7 Å². The molecule has 0 radical (unpaired) electrons. The number of H-pyrrole nitrogens is 1. The van der Waals surface area contributed by atoms with E-state index in [0.717, 1.165) is 62.7 Å². The molecule has 3 aromatic rings. The van der Waals surface area contributed by atoms with Crippen LogP contribution >= 0.6 is 22.6 Å². The van der Waals surface area contributed by atoms with Gasteiger partial charge in [-0.2, -0.15) is 0 Å². The monoisotopic (exact) mass is 1220 g/mol. The predicted molar refractivity (Wildman–Crippen MR) is 299 cm³/mol. The summed E-state index contributed by atoms with van der Waals surface area (Å²) in [5, 5.41) is 50.2. The number of aromatic nitrogens is 4. The standard InChI is InChI=1S/C53H79IN12O13/c1-8-11-13-14-21-53(54,10-3)34-23-39(71)66(51(34)76)22-20-36(68)61-40(29(4)5)49(75)59-31(7)48(74)60-33-18-16-32(17-19-33)27-78-52(77)56-24-37(69)55-25-38(70)62-41-35(26-67)79-50(44(73)43(41)72)65-47-42-46(57-28-58-47)64-45(63-42)30(6)15-12-9-2/h16-19,28-31,34-35,40-41,43-44,50,67,72-73H,8-15,20-27H2,1-7H3,(H,55,69)(H,56,77)(H,59,75)(H,60,74)(H,61,68)(H,62,70)(H2,57,58,63,64,65)/t30?,31-,34?,35-,40-,41-,43+,44-,50-,53?/m0/s1. The summed E-state index contributed by atoms with van der Waals surface area (Å²) in [7, 11) is 0. The van der Waals surface area contributed by atoms with Crippen molar-refractivity contribution in [3.05, 3.63) is 42.0 Å². The van der Waals surface area contributed by atoms with Gasteiger partial charge in [0.15, 0.2) is 17.7 Å². The molecule has 2 aliphatic heterocycles. The molecule has 436 valence electrons. The van der Waals surface area contributed by atoms with E-state index < -0.39 is 104 Å². The number of hydrogen-bond acceptors (Lipinski definition) is 17. The Labute approximate surface area is 473 Å². The number of imide groups is 1. The van der Waals surface area contributed by atoms with Crippen LogP contribution in [0.4, 0.5) is 16.3 Å². The Bertz CT molecular complexity index is 2570. The Morgan fingerprint density at radius 2 is 1.59 bits per heavy atom. The lowest BCUT2D eigenvalue weighted by atomic mass is 9.84. The number of likely N-dealkylation sites (tertiary alicyclic amines) is 1. The number of aliphatic hydroxyl groups is 3. The zero-order valence-corrected chi connectivity index (χ0v) is 48.2. The van der Waals surface area contributed by atoms with Crippen LogP contribution in [-0.4, -0.2) is 160 Å². The van der Waals surface area contributed by atoms with E-state index in [4.69, 9.17) is 9.47 Å². The Balaban J connectivity index is 0.986. The maximum atomic E-state index is 13.5. The van der Waals surface area contributed by atoms with E-state index in [0.29, 0.717) is 28.2 Å². The van der Waals surface area contributed by atoms with Crippen molar-refractivity contribution in [2.45, 2.75) is 178 Å². The molecule has 2 aliphatic rings. The number of anilines is 2. The number of benzene rings is 1. The average molecular weight is 1220 g/mol. The Hall–Kier alpha value is -6.10. The molecule has 10 atom stereocenters. The minimum atomic E-state index is -1.63. The van der Waals surface area contributed by atoms with Gasteiger partial charge >= 0.3 is 6.09 Å². The van der Waals surface area contributed by atoms with Crippen LogP contribution in [-0.2, 0) is 49.6 Å². The number of unbranched alkanes of at least 4 members (excludes halogenated alkanes) is 4. The van der Waals surface area contributed by atoms with E-state index in [9.17, 15) is 53.7 Å². The van der Waals surface area contributed by atoms with Crippen LogP contribution in [0, 0.1) is 11.8 Å². The Morgan fingerprint density at radius 3 is 2.27 bits per heavy atom. The van der Waals surface area contributed by atoms with Crippen molar-refractivity contribution in [1.82, 2.24) is 51.4 Å². The van der Waals surface area contributed by atoms with E-state index >= 15 is 0 Å². The van der Waals surface area contributed by atoms with Crippen molar-refractivity contribution in [3.63, 3.8) is 0 Å². The van der Waals surface area contributed by atoms with Crippen molar-refractivity contribution in [3.8, 4) is 0 Å². The summed E-state index contributed by atoms with van der Waals surface area (Å²) in [4.78, 5) is 121. The highest BCUT2D eigenvalue weighted by atomic mass is 127. The summed E-state index contributed by atoms with van der Waals surface area (Å²) >= 11 is 2.34. The van der Waals surface area contributed by atoms with E-state index in [2.05, 4.69) is 93.6 Å². The first-order chi connectivity index (χ1) is 37.6. The maximum Gasteiger partial charge on any atom is 0.407 e. The van der Waals surface area contributed by atoms with Gasteiger partial charge in [-0.3, -0.25) is 38.5 Å². The van der Waals surface area contributed by atoms with Gasteiger partial charge < -0.3 is 67.0 Å². The second-order valence-electron chi connectivity index (χ2n) is 20.6. The van der Waals surface area contributed by atoms with Crippen LogP contribution in [0.15, 0.2) is 30.6 Å². The van der Waals surface area contributed by atoms with Crippen molar-refractivity contribution in [2.75, 3.05) is 36.9 Å². The summed E-state index contributed by atoms with van der Waals surface area (Å²) < 4.78 is 10.7. The lowest BCUT2D eigenvalue weighted by molar-refractivity contribution is -0.185. The number of alkyl carbamates (subject to hydrolysis) is 1. The molecule has 2 aromatic heterocycles. The van der Waals surface area contributed by atoms with Gasteiger partial charge in [-0.15, -0.1) is 0 Å². The summed E-state index contributed by atoms with van der Waals surface area (Å²) in [6.07, 6.45) is 3.35. The second-order valence-corrected chi connectivity index (χ2v) is 22.7. The number of amides is 8. The molecular formula is C53H79IN12O13. The number of rotatable bonds is 30. The van der Waals surface area contributed by atoms with Gasteiger partial charge in [0.05, 0.1) is 25.1 Å². The van der Waals surface area contributed by atoms with Crippen LogP contribution in [0.3, 0.4) is 0 Å². The zero-order valence-electron chi connectivity index (χ0n) is 46.1. The number of fused-ring (bicyclic) bond motifs is 1. The third-order valence-corrected chi connectivity index (χ3v) is 16.3. The molecule has 2 saturated heterocycles. The molecule has 25 nitrogen and oxygen atoms in total. The van der Waals surface area contributed by atoms with Gasteiger partial charge in [0.1, 0.15) is 61.2 Å². The predicted octanol–water partition coefficient (Wildman–Crippen LogP) is 2.93. The fourth-order valence-corrected chi connectivity index (χ4v) is 10.2. The maximum absolute atomic E-state index is 13.5. The van der Waals surface area contributed by atoms with Crippen LogP contribution in [0.25, 0.3) is 11.2 Å². The minimum absolute atomic E-state index is 0.100. The quantitative estimate of drug-likeness (QED) is 0.0198. The van der Waals surface area contributed by atoms with Crippen molar-refractivity contribution in [1.29, 1.82) is 0 Å². The average Bonchev–Trinajstić information content (AvgIpc) is 4.13. The number of hydrogen-bond donors (Lipinski definition) is 11. The second kappa shape index (κ2) is 30.5. The third kappa shape index (κ3) is 17.9. The Kier molecular flexibility index (Phi) is 24.6. The highest BCUT2D eigenvalue weighted by Crippen LogP contribution is 2.43. The lowest BCUT2D eigenvalue weighted by Gasteiger charge is -2.42. The van der Waals surface area contributed by atoms with Gasteiger partial charge in [-0.05, 0) is 49.8 Å². The molecule has 0 saturated carbocycles. The Morgan fingerprint density at radius 1 is 0.886 bits per heavy atom. The van der Waals surface area contributed by atoms with Crippen LogP contribution in [0.1, 0.15) is 136 Å². The molecular weight excluding hydrogens is 1140 g/mol. The van der Waals surface area contributed by atoms with Gasteiger partial charge in [0.2, 0.25) is 41.4 Å². The number of nitrogens with zero attached hydrogens (tertiary/aromatic N) is 4. The molecule has 3 unspecified atom stereocenters. The smallest absolute Gasteiger partial charge is 0.407 e. The summed E-state index contributed by atoms with van der Waals surface area (Å²) in [5.41, 5.74) is 1.73. The van der Waals surface area contributed by atoms with Crippen LogP contribution < -0.4 is 37.2 Å². The number of nitrogens with one attached hydrogen (secondary N) is 8. The fourth-order valence-electron chi connectivity index (χ4n) is 9.28. The van der Waals surface area contributed by atoms with Gasteiger partial charge in [-0.1, -0.05) is 115 Å². The molecule has 1 aromatic carbocycles. The first-order valence-corrected chi connectivity index (χ1v) is 28.3. The molecule has 5 rings (SSSR count). The third-order valence-electron chi connectivity index (χ3n) is 14.2. The molecule has 4 heterocycles. The van der Waals surface area contributed by atoms with Gasteiger partial charge in [-0.25, -0.2) is 19.7 Å². The normalized spacial score (nSPS) is 21.1. The molecule has 0 aliphatic carbocycles. The highest BCUT2D eigenvalue weighted by molar-refractivity contribution is 14.1. The molecule has 0 bridgehead atoms. The number of carbonyl (C=O) groups excluding carboxylic acids is 8. The number of aromatic amines is 1. The number of halogens is 1. The van der Waals surface area contributed by atoms with E-state index in [1.807, 2.05) is 13.8 Å². The summed E-state index contributed by atoms with van der Waals surface area (Å²) in [6, 6.07) is 2.93. The zero-order chi connectivity index (χ0) is 58.0. The number of imidazole rings is 1. The number of ether oxygens (including phenoxy) is 2. The lowest BCUT2D eigenvalue weighted by Crippen LogP contribution is -2.66. The SMILES string of the molecule is CCCCCCC(I)(CC)C1CC(=O)N(CCC(=O)N[C@H](C(=O)N[C@@H](C)C(=O)Nc2ccc(COC(=O)NCC(=O)NCC(=O)N[C@@H]3[C@@H](O)[C@H](O)[C@@H](Nc4ncnc5nc(C(C)CCCC)[nH]c45)O[C@H]3CO)cc2)C(C)C)C1=O. The summed E-state index contributed by atoms with van der Waals surface area (Å²) in [6.45, 7) is 11.1. The topological polar surface area (TPSA) is 358 Å². The molecule has 2 fully saturated rings. The van der Waals surface area contributed by atoms with Crippen molar-refractivity contribution < 1.29 is 63.1 Å². The fraction of sp³-hybridized carbons (Fsp3) is 0.642. The number of carbonyl (C=O) groups is 8. The van der Waals surface area contributed by atoms with Gasteiger partial charge in [0.25, 0.3) is 0 Å². The molecule has 11 N–H and O–H groups in total. The molecule has 8 amide bonds. The van der Waals surface area contributed by atoms with E-state index in [1.54, 1.807) is 38.1 Å². The van der Waals surface area contributed by atoms with E-state index in [-0.39, 0.29) is 58.9 Å². The summed E-state index contributed by atoms with van der Waals surface area (Å²) in [5.74, 6) is -3.54. The van der Waals surface area contributed by atoms with E-state index in [1.165, 1.54) is 13.3 Å². The molecule has 0 spiro atoms. The number of aliphatic hydroxyl groups excluding tert-OH is 3. The molecule has 26 heteroatoms. The van der Waals surface area contributed by atoms with Crippen molar-refractivity contribution in [2.24, 2.45) is 11.8 Å². The largest absolute Gasteiger partial charge is 0.445 e. The first kappa shape index (κ1) is 63.7. The van der Waals surface area contributed by atoms with Gasteiger partial charge in [0, 0.05) is 34.4 Å². The number of alkyl halides is 1. The molecule has 79 heavy (non-hydrogen) atoms.